The molecule has 0 unspecified atom stereocenters. The third kappa shape index (κ3) is 15.5. The van der Waals surface area contributed by atoms with Crippen molar-refractivity contribution in [2.75, 3.05) is 0 Å². The normalized spacial score (nSPS) is 11.2. The van der Waals surface area contributed by atoms with Crippen LogP contribution in [0.15, 0.2) is 24.8 Å². The average molecular weight is 250 g/mol. The summed E-state index contributed by atoms with van der Waals surface area (Å²) in [7, 11) is 0. The molecule has 18 heavy (non-hydrogen) atoms. The van der Waals surface area contributed by atoms with Gasteiger partial charge in [-0.3, -0.25) is 0 Å². The van der Waals surface area contributed by atoms with Crippen molar-refractivity contribution in [2.24, 2.45) is 0 Å². The van der Waals surface area contributed by atoms with Crippen LogP contribution in [0.5, 0.6) is 0 Å². The Morgan fingerprint density at radius 2 is 1.06 bits per heavy atom. The Balaban J connectivity index is 3.01. The highest BCUT2D eigenvalue weighted by molar-refractivity contribution is 4.81. The molecule has 106 valence electrons. The van der Waals surface area contributed by atoms with Crippen molar-refractivity contribution in [2.45, 2.75) is 90.4 Å². The summed E-state index contributed by atoms with van der Waals surface area (Å²) in [5.41, 5.74) is 0. The topological polar surface area (TPSA) is 0 Å². The Hall–Kier alpha value is -0.520. The van der Waals surface area contributed by atoms with Crippen molar-refractivity contribution in [3.63, 3.8) is 0 Å². The molecule has 0 fully saturated rings. The van der Waals surface area contributed by atoms with Gasteiger partial charge < -0.3 is 0 Å². The lowest BCUT2D eigenvalue weighted by Crippen LogP contribution is -1.79. The van der Waals surface area contributed by atoms with Crippen LogP contribution >= 0.6 is 0 Å². The van der Waals surface area contributed by atoms with E-state index in [1.807, 2.05) is 6.08 Å². The number of hydrogen-bond donors (Lipinski definition) is 0. The molecule has 0 aliphatic carbocycles. The molecule has 0 bridgehead atoms. The maximum absolute atomic E-state index is 3.75. The van der Waals surface area contributed by atoms with E-state index in [0.717, 1.165) is 0 Å². The highest BCUT2D eigenvalue weighted by Crippen LogP contribution is 2.09. The van der Waals surface area contributed by atoms with Gasteiger partial charge in [0.2, 0.25) is 0 Å². The fourth-order valence-corrected chi connectivity index (χ4v) is 2.18. The van der Waals surface area contributed by atoms with Crippen molar-refractivity contribution < 1.29 is 0 Å². The van der Waals surface area contributed by atoms with Crippen LogP contribution in [0.4, 0.5) is 0 Å². The van der Waals surface area contributed by atoms with Gasteiger partial charge in [0, 0.05) is 0 Å². The minimum absolute atomic E-state index is 1.20. The molecular weight excluding hydrogens is 216 g/mol. The molecule has 0 amide bonds. The molecule has 0 aliphatic rings. The molecule has 0 heteroatoms. The second-order valence-corrected chi connectivity index (χ2v) is 5.31. The zero-order valence-corrected chi connectivity index (χ0v) is 12.6. The summed E-state index contributed by atoms with van der Waals surface area (Å²) in [5.74, 6) is 0. The first-order chi connectivity index (χ1) is 8.91. The van der Waals surface area contributed by atoms with Gasteiger partial charge in [-0.1, -0.05) is 70.1 Å². The molecule has 0 aliphatic heterocycles. The molecule has 0 aromatic rings. The van der Waals surface area contributed by atoms with Crippen LogP contribution in [0.25, 0.3) is 0 Å². The Morgan fingerprint density at radius 3 is 1.56 bits per heavy atom. The van der Waals surface area contributed by atoms with Crippen LogP contribution in [-0.4, -0.2) is 0 Å². The number of rotatable bonds is 14. The third-order valence-electron chi connectivity index (χ3n) is 3.42. The summed E-state index contributed by atoms with van der Waals surface area (Å²) in [4.78, 5) is 0. The van der Waals surface area contributed by atoms with Gasteiger partial charge in [0.05, 0.1) is 0 Å². The summed E-state index contributed by atoms with van der Waals surface area (Å²) < 4.78 is 0. The molecule has 0 saturated heterocycles. The maximum Gasteiger partial charge on any atom is -0.0351 e. The zero-order chi connectivity index (χ0) is 13.3. The lowest BCUT2D eigenvalue weighted by Gasteiger charge is -1.99. The van der Waals surface area contributed by atoms with Crippen LogP contribution in [0.1, 0.15) is 90.4 Å². The lowest BCUT2D eigenvalue weighted by molar-refractivity contribution is 0.599. The highest BCUT2D eigenvalue weighted by Gasteiger charge is 1.90. The highest BCUT2D eigenvalue weighted by atomic mass is 14.0. The van der Waals surface area contributed by atoms with Crippen molar-refractivity contribution in [3.05, 3.63) is 24.8 Å². The summed E-state index contributed by atoms with van der Waals surface area (Å²) >= 11 is 0. The van der Waals surface area contributed by atoms with Crippen molar-refractivity contribution in [1.29, 1.82) is 0 Å². The fraction of sp³-hybridized carbons (Fsp3) is 0.778. The second kappa shape index (κ2) is 16.5. The summed E-state index contributed by atoms with van der Waals surface area (Å²) in [6.07, 6.45) is 24.5. The first-order valence-electron chi connectivity index (χ1n) is 8.17. The van der Waals surface area contributed by atoms with Gasteiger partial charge in [0.1, 0.15) is 0 Å². The van der Waals surface area contributed by atoms with E-state index < -0.39 is 0 Å². The van der Waals surface area contributed by atoms with Crippen LogP contribution in [0.3, 0.4) is 0 Å². The Morgan fingerprint density at radius 1 is 0.611 bits per heavy atom. The van der Waals surface area contributed by atoms with E-state index in [9.17, 15) is 0 Å². The van der Waals surface area contributed by atoms with E-state index in [1.54, 1.807) is 0 Å². The smallest absolute Gasteiger partial charge is 0.0351 e. The van der Waals surface area contributed by atoms with E-state index in [-0.39, 0.29) is 0 Å². The van der Waals surface area contributed by atoms with Gasteiger partial charge in [-0.2, -0.15) is 0 Å². The van der Waals surface area contributed by atoms with Crippen molar-refractivity contribution >= 4 is 0 Å². The second-order valence-electron chi connectivity index (χ2n) is 5.31. The maximum atomic E-state index is 3.75. The summed E-state index contributed by atoms with van der Waals surface area (Å²) in [5, 5.41) is 0. The molecule has 0 N–H and O–H groups in total. The van der Waals surface area contributed by atoms with Crippen LogP contribution < -0.4 is 0 Å². The van der Waals surface area contributed by atoms with E-state index >= 15 is 0 Å². The van der Waals surface area contributed by atoms with Gasteiger partial charge in [0.15, 0.2) is 0 Å². The monoisotopic (exact) mass is 250 g/mol. The van der Waals surface area contributed by atoms with Crippen molar-refractivity contribution in [1.82, 2.24) is 0 Å². The van der Waals surface area contributed by atoms with Gasteiger partial charge >= 0.3 is 0 Å². The van der Waals surface area contributed by atoms with Crippen molar-refractivity contribution in [3.8, 4) is 0 Å². The molecule has 0 spiro atoms. The van der Waals surface area contributed by atoms with E-state index in [4.69, 9.17) is 0 Å². The molecule has 0 heterocycles. The molecule has 0 aromatic carbocycles. The number of unbranched alkanes of at least 4 members (excludes halogenated alkanes) is 11. The number of hydrogen-bond acceptors (Lipinski definition) is 0. The van der Waals surface area contributed by atoms with Gasteiger partial charge in [-0.05, 0) is 38.5 Å². The minimum atomic E-state index is 1.20. The first kappa shape index (κ1) is 17.5. The molecule has 0 nitrogen and oxygen atoms in total. The quantitative estimate of drug-likeness (QED) is 0.234. The van der Waals surface area contributed by atoms with Crippen LogP contribution in [-0.2, 0) is 0 Å². The summed E-state index contributed by atoms with van der Waals surface area (Å²) in [6.45, 7) is 6.02. The largest absolute Gasteiger partial charge is 0.103 e. The predicted molar refractivity (Wildman–Crippen MR) is 85.0 cm³/mol. The van der Waals surface area contributed by atoms with Crippen LogP contribution in [0.2, 0.25) is 0 Å². The van der Waals surface area contributed by atoms with Gasteiger partial charge in [-0.15, -0.1) is 6.58 Å². The van der Waals surface area contributed by atoms with Gasteiger partial charge in [-0.25, -0.2) is 0 Å². The lowest BCUT2D eigenvalue weighted by atomic mass is 10.1. The van der Waals surface area contributed by atoms with E-state index in [0.29, 0.717) is 0 Å². The Bertz CT molecular complexity index is 178. The van der Waals surface area contributed by atoms with Gasteiger partial charge in [0.25, 0.3) is 0 Å². The SMILES string of the molecule is C=CCCCCCCCC/C=C/CCCCCC. The van der Waals surface area contributed by atoms with E-state index in [2.05, 4.69) is 25.7 Å². The molecule has 0 rings (SSSR count). The Kier molecular flexibility index (Phi) is 16.0. The Labute approximate surface area is 116 Å². The zero-order valence-electron chi connectivity index (χ0n) is 12.6. The standard InChI is InChI=1S/C18H34/c1-3-5-7-9-11-13-15-17-18-16-14-12-10-8-6-4-2/h3,14,16H,1,4-13,15,17-18H2,2H3/b16-14+. The van der Waals surface area contributed by atoms with E-state index in [1.165, 1.54) is 83.5 Å². The first-order valence-corrected chi connectivity index (χ1v) is 8.17. The molecular formula is C18H34. The molecule has 0 atom stereocenters. The number of allylic oxidation sites excluding steroid dienone is 3. The molecule has 0 radical (unpaired) electrons. The predicted octanol–water partition coefficient (Wildman–Crippen LogP) is 6.82. The summed E-state index contributed by atoms with van der Waals surface area (Å²) in [6, 6.07) is 0. The minimum Gasteiger partial charge on any atom is -0.103 e. The fourth-order valence-electron chi connectivity index (χ4n) is 2.18. The third-order valence-corrected chi connectivity index (χ3v) is 3.42. The molecule has 0 saturated carbocycles. The average Bonchev–Trinajstić information content (AvgIpc) is 2.39. The molecule has 0 aromatic heterocycles. The van der Waals surface area contributed by atoms with Crippen LogP contribution in [0, 0.1) is 0 Å².